The van der Waals surface area contributed by atoms with E-state index >= 15 is 0 Å². The summed E-state index contributed by atoms with van der Waals surface area (Å²) in [5, 5.41) is 2.62. The van der Waals surface area contributed by atoms with Crippen molar-refractivity contribution in [3.8, 4) is 0 Å². The number of nitrogens with zero attached hydrogens (tertiary/aromatic N) is 1. The van der Waals surface area contributed by atoms with Gasteiger partial charge >= 0.3 is 0 Å². The van der Waals surface area contributed by atoms with Gasteiger partial charge in [-0.3, -0.25) is 9.59 Å². The summed E-state index contributed by atoms with van der Waals surface area (Å²) in [6.45, 7) is 1.38. The highest BCUT2D eigenvalue weighted by Gasteiger charge is 1.93. The number of aldehydes is 1. The Balaban J connectivity index is 3.44. The summed E-state index contributed by atoms with van der Waals surface area (Å²) < 4.78 is 0. The van der Waals surface area contributed by atoms with E-state index in [0.717, 1.165) is 6.54 Å². The fourth-order valence-corrected chi connectivity index (χ4v) is 0.588. The first-order chi connectivity index (χ1) is 5.66. The summed E-state index contributed by atoms with van der Waals surface area (Å²) in [5.74, 6) is -0.232. The van der Waals surface area contributed by atoms with Crippen LogP contribution in [0.2, 0.25) is 0 Å². The van der Waals surface area contributed by atoms with Gasteiger partial charge in [0.15, 0.2) is 0 Å². The van der Waals surface area contributed by atoms with Crippen molar-refractivity contribution in [2.45, 2.75) is 0 Å². The summed E-state index contributed by atoms with van der Waals surface area (Å²) >= 11 is 0. The number of hydrogen-bond donors (Lipinski definition) is 1. The number of rotatable bonds is 5. The molecule has 0 heterocycles. The van der Waals surface area contributed by atoms with E-state index in [9.17, 15) is 9.59 Å². The zero-order valence-electron chi connectivity index (χ0n) is 7.41. The maximum Gasteiger partial charge on any atom is 0.244 e. The molecule has 0 atom stereocenters. The Morgan fingerprint density at radius 1 is 1.50 bits per heavy atom. The molecule has 0 bridgehead atoms. The van der Waals surface area contributed by atoms with Crippen molar-refractivity contribution in [1.29, 1.82) is 0 Å². The van der Waals surface area contributed by atoms with E-state index in [1.165, 1.54) is 12.2 Å². The van der Waals surface area contributed by atoms with Crippen molar-refractivity contribution in [2.75, 3.05) is 27.2 Å². The van der Waals surface area contributed by atoms with Crippen molar-refractivity contribution >= 4 is 12.2 Å². The van der Waals surface area contributed by atoms with E-state index < -0.39 is 0 Å². The van der Waals surface area contributed by atoms with Crippen LogP contribution in [0.4, 0.5) is 0 Å². The molecule has 0 saturated heterocycles. The molecule has 4 heteroatoms. The van der Waals surface area contributed by atoms with Gasteiger partial charge < -0.3 is 10.2 Å². The van der Waals surface area contributed by atoms with Crippen molar-refractivity contribution in [1.82, 2.24) is 10.2 Å². The van der Waals surface area contributed by atoms with Crippen LogP contribution in [0.5, 0.6) is 0 Å². The lowest BCUT2D eigenvalue weighted by molar-refractivity contribution is -0.116. The average molecular weight is 170 g/mol. The smallest absolute Gasteiger partial charge is 0.244 e. The number of carbonyl (C=O) groups is 2. The molecule has 0 radical (unpaired) electrons. The van der Waals surface area contributed by atoms with Crippen LogP contribution < -0.4 is 5.32 Å². The first-order valence-corrected chi connectivity index (χ1v) is 3.71. The third-order valence-corrected chi connectivity index (χ3v) is 1.18. The van der Waals surface area contributed by atoms with E-state index in [-0.39, 0.29) is 5.91 Å². The minimum absolute atomic E-state index is 0.232. The van der Waals surface area contributed by atoms with E-state index in [0.29, 0.717) is 12.8 Å². The van der Waals surface area contributed by atoms with Crippen LogP contribution in [0.3, 0.4) is 0 Å². The van der Waals surface area contributed by atoms with Crippen molar-refractivity contribution < 1.29 is 9.59 Å². The van der Waals surface area contributed by atoms with Crippen molar-refractivity contribution in [3.63, 3.8) is 0 Å². The van der Waals surface area contributed by atoms with Crippen LogP contribution >= 0.6 is 0 Å². The predicted molar refractivity (Wildman–Crippen MR) is 46.8 cm³/mol. The van der Waals surface area contributed by atoms with Gasteiger partial charge in [0.25, 0.3) is 0 Å². The molecule has 0 aliphatic carbocycles. The molecule has 0 aliphatic heterocycles. The van der Waals surface area contributed by atoms with E-state index in [1.54, 1.807) is 0 Å². The van der Waals surface area contributed by atoms with E-state index in [1.807, 2.05) is 19.0 Å². The molecular formula is C8H14N2O2. The van der Waals surface area contributed by atoms with Crippen LogP contribution in [0.25, 0.3) is 0 Å². The number of likely N-dealkylation sites (N-methyl/N-ethyl adjacent to an activating group) is 1. The molecule has 0 spiro atoms. The van der Waals surface area contributed by atoms with Gasteiger partial charge in [-0.2, -0.15) is 0 Å². The molecule has 0 unspecified atom stereocenters. The van der Waals surface area contributed by atoms with Crippen LogP contribution in [0.15, 0.2) is 12.2 Å². The zero-order valence-corrected chi connectivity index (χ0v) is 7.41. The van der Waals surface area contributed by atoms with Gasteiger partial charge in [-0.15, -0.1) is 0 Å². The molecule has 68 valence electrons. The van der Waals surface area contributed by atoms with Crippen molar-refractivity contribution in [3.05, 3.63) is 12.2 Å². The Labute approximate surface area is 72.2 Å². The fraction of sp³-hybridized carbons (Fsp3) is 0.500. The minimum atomic E-state index is -0.232. The van der Waals surface area contributed by atoms with Gasteiger partial charge in [0.1, 0.15) is 6.29 Å². The van der Waals surface area contributed by atoms with Crippen molar-refractivity contribution in [2.24, 2.45) is 0 Å². The number of nitrogens with one attached hydrogen (secondary N) is 1. The molecule has 0 aromatic carbocycles. The summed E-state index contributed by atoms with van der Waals surface area (Å²) in [4.78, 5) is 22.6. The Hall–Kier alpha value is -1.16. The maximum atomic E-state index is 10.8. The van der Waals surface area contributed by atoms with Crippen LogP contribution in [-0.2, 0) is 9.59 Å². The maximum absolute atomic E-state index is 10.8. The lowest BCUT2D eigenvalue weighted by atomic mass is 10.4. The molecule has 4 nitrogen and oxygen atoms in total. The molecule has 0 aromatic heterocycles. The molecule has 0 aromatic rings. The lowest BCUT2D eigenvalue weighted by Gasteiger charge is -2.08. The predicted octanol–water partition coefficient (Wildman–Crippen LogP) is -0.581. The molecule has 0 rings (SSSR count). The second-order valence-corrected chi connectivity index (χ2v) is 2.59. The number of hydrogen-bond acceptors (Lipinski definition) is 3. The van der Waals surface area contributed by atoms with E-state index in [4.69, 9.17) is 0 Å². The molecule has 0 fully saturated rings. The Morgan fingerprint density at radius 2 is 2.17 bits per heavy atom. The van der Waals surface area contributed by atoms with Gasteiger partial charge in [0.05, 0.1) is 0 Å². The number of allylic oxidation sites excluding steroid dienone is 1. The highest BCUT2D eigenvalue weighted by Crippen LogP contribution is 1.73. The third-order valence-electron chi connectivity index (χ3n) is 1.18. The number of carbonyl (C=O) groups excluding carboxylic acids is 2. The second-order valence-electron chi connectivity index (χ2n) is 2.59. The highest BCUT2D eigenvalue weighted by atomic mass is 16.1. The van der Waals surface area contributed by atoms with Gasteiger partial charge in [0, 0.05) is 19.2 Å². The normalized spacial score (nSPS) is 10.6. The largest absolute Gasteiger partial charge is 0.351 e. The molecule has 1 amide bonds. The zero-order chi connectivity index (χ0) is 9.40. The highest BCUT2D eigenvalue weighted by molar-refractivity contribution is 5.90. The Bertz CT molecular complexity index is 176. The average Bonchev–Trinajstić information content (AvgIpc) is 2.00. The van der Waals surface area contributed by atoms with Gasteiger partial charge in [-0.05, 0) is 20.2 Å². The first-order valence-electron chi connectivity index (χ1n) is 3.71. The molecule has 0 aliphatic rings. The summed E-state index contributed by atoms with van der Waals surface area (Å²) in [6, 6.07) is 0. The fourth-order valence-electron chi connectivity index (χ4n) is 0.588. The van der Waals surface area contributed by atoms with E-state index in [2.05, 4.69) is 5.32 Å². The monoisotopic (exact) mass is 170 g/mol. The Kier molecular flexibility index (Phi) is 5.91. The quantitative estimate of drug-likeness (QED) is 0.443. The Morgan fingerprint density at radius 3 is 2.67 bits per heavy atom. The van der Waals surface area contributed by atoms with Gasteiger partial charge in [0.2, 0.25) is 5.91 Å². The SMILES string of the molecule is CN(C)CCNC(=O)/C=C/C=O. The second kappa shape index (κ2) is 6.54. The lowest BCUT2D eigenvalue weighted by Crippen LogP contribution is -2.30. The summed E-state index contributed by atoms with van der Waals surface area (Å²) in [6.07, 6.45) is 2.96. The minimum Gasteiger partial charge on any atom is -0.351 e. The van der Waals surface area contributed by atoms with Crippen LogP contribution in [-0.4, -0.2) is 44.3 Å². The molecular weight excluding hydrogens is 156 g/mol. The topological polar surface area (TPSA) is 49.4 Å². The number of amides is 1. The van der Waals surface area contributed by atoms with Gasteiger partial charge in [-0.1, -0.05) is 0 Å². The summed E-state index contributed by atoms with van der Waals surface area (Å²) in [5.41, 5.74) is 0. The molecule has 1 N–H and O–H groups in total. The first kappa shape index (κ1) is 10.8. The van der Waals surface area contributed by atoms with Crippen LogP contribution in [0.1, 0.15) is 0 Å². The third kappa shape index (κ3) is 6.95. The van der Waals surface area contributed by atoms with Gasteiger partial charge in [-0.25, -0.2) is 0 Å². The standard InChI is InChI=1S/C8H14N2O2/c1-10(2)6-5-9-8(12)4-3-7-11/h3-4,7H,5-6H2,1-2H3,(H,9,12)/b4-3+. The summed E-state index contributed by atoms with van der Waals surface area (Å²) in [7, 11) is 3.85. The van der Waals surface area contributed by atoms with Crippen LogP contribution in [0, 0.1) is 0 Å². The molecule has 12 heavy (non-hydrogen) atoms. The molecule has 0 saturated carbocycles.